The quantitative estimate of drug-likeness (QED) is 0.591. The highest BCUT2D eigenvalue weighted by atomic mass is 35.5. The Morgan fingerprint density at radius 2 is 1.57 bits per heavy atom. The zero-order chi connectivity index (χ0) is 22.4. The van der Waals surface area contributed by atoms with E-state index in [1.54, 1.807) is 24.0 Å². The lowest BCUT2D eigenvalue weighted by Gasteiger charge is -2.29. The Kier molecular flexibility index (Phi) is 8.75. The van der Waals surface area contributed by atoms with Gasteiger partial charge in [-0.05, 0) is 49.9 Å². The van der Waals surface area contributed by atoms with Crippen molar-refractivity contribution in [2.75, 3.05) is 6.54 Å². The predicted molar refractivity (Wildman–Crippen MR) is 124 cm³/mol. The summed E-state index contributed by atoms with van der Waals surface area (Å²) in [7, 11) is 0. The van der Waals surface area contributed by atoms with Crippen LogP contribution in [0.2, 0.25) is 10.0 Å². The maximum atomic E-state index is 13.3. The first kappa shape index (κ1) is 24.2. The third-order valence-corrected chi connectivity index (χ3v) is 5.56. The molecule has 0 unspecified atom stereocenters. The van der Waals surface area contributed by atoms with Crippen molar-refractivity contribution in [1.29, 1.82) is 0 Å². The number of benzene rings is 2. The molecule has 1 N–H and O–H groups in total. The third kappa shape index (κ3) is 7.03. The molecule has 0 aliphatic carbocycles. The van der Waals surface area contributed by atoms with Crippen LogP contribution < -0.4 is 5.32 Å². The van der Waals surface area contributed by atoms with Crippen LogP contribution in [0, 0.1) is 19.8 Å². The van der Waals surface area contributed by atoms with Gasteiger partial charge < -0.3 is 10.2 Å². The summed E-state index contributed by atoms with van der Waals surface area (Å²) in [4.78, 5) is 27.6. The Morgan fingerprint density at radius 3 is 2.13 bits per heavy atom. The number of carbonyl (C=O) groups excluding carboxylic acids is 2. The van der Waals surface area contributed by atoms with E-state index in [-0.39, 0.29) is 24.8 Å². The minimum atomic E-state index is -0.614. The van der Waals surface area contributed by atoms with Gasteiger partial charge in [0, 0.05) is 13.1 Å². The van der Waals surface area contributed by atoms with Crippen LogP contribution in [0.3, 0.4) is 0 Å². The molecule has 0 fully saturated rings. The molecule has 0 aliphatic rings. The van der Waals surface area contributed by atoms with Gasteiger partial charge in [0.15, 0.2) is 0 Å². The Hall–Kier alpha value is -2.04. The van der Waals surface area contributed by atoms with E-state index in [4.69, 9.17) is 23.2 Å². The van der Waals surface area contributed by atoms with Crippen molar-refractivity contribution in [3.8, 4) is 0 Å². The molecule has 0 bridgehead atoms. The second kappa shape index (κ2) is 10.8. The van der Waals surface area contributed by atoms with Gasteiger partial charge in [0.2, 0.25) is 11.8 Å². The van der Waals surface area contributed by atoms with Crippen molar-refractivity contribution in [2.24, 2.45) is 5.92 Å². The van der Waals surface area contributed by atoms with E-state index in [0.717, 1.165) is 22.3 Å². The van der Waals surface area contributed by atoms with E-state index < -0.39 is 6.04 Å². The first-order valence-electron chi connectivity index (χ1n) is 10.1. The van der Waals surface area contributed by atoms with Crippen LogP contribution in [0.25, 0.3) is 0 Å². The number of nitrogens with zero attached hydrogens (tertiary/aromatic N) is 1. The van der Waals surface area contributed by atoms with E-state index >= 15 is 0 Å². The second-order valence-electron chi connectivity index (χ2n) is 8.26. The summed E-state index contributed by atoms with van der Waals surface area (Å²) in [6, 6.07) is 10.7. The molecule has 4 nitrogen and oxygen atoms in total. The molecule has 6 heteroatoms. The molecule has 30 heavy (non-hydrogen) atoms. The van der Waals surface area contributed by atoms with Gasteiger partial charge in [0.25, 0.3) is 0 Å². The molecule has 2 amide bonds. The summed E-state index contributed by atoms with van der Waals surface area (Å²) in [6.07, 6.45) is 0.228. The van der Waals surface area contributed by atoms with Gasteiger partial charge >= 0.3 is 0 Å². The van der Waals surface area contributed by atoms with E-state index in [9.17, 15) is 9.59 Å². The van der Waals surface area contributed by atoms with Gasteiger partial charge in [-0.2, -0.15) is 0 Å². The molecule has 1 atom stereocenters. The van der Waals surface area contributed by atoms with Crippen molar-refractivity contribution >= 4 is 35.0 Å². The van der Waals surface area contributed by atoms with Crippen molar-refractivity contribution in [3.05, 3.63) is 68.7 Å². The molecule has 0 radical (unpaired) electrons. The fraction of sp³-hybridized carbons (Fsp3) is 0.417. The van der Waals surface area contributed by atoms with Gasteiger partial charge in [-0.3, -0.25) is 9.59 Å². The molecule has 0 saturated carbocycles. The summed E-state index contributed by atoms with van der Waals surface area (Å²) in [5, 5.41) is 3.80. The number of nitrogens with one attached hydrogen (secondary N) is 1. The van der Waals surface area contributed by atoms with Gasteiger partial charge in [-0.15, -0.1) is 0 Å². The normalized spacial score (nSPS) is 12.0. The van der Waals surface area contributed by atoms with Gasteiger partial charge in [-0.1, -0.05) is 72.4 Å². The van der Waals surface area contributed by atoms with Crippen LogP contribution >= 0.6 is 23.2 Å². The van der Waals surface area contributed by atoms with Crippen LogP contribution in [-0.4, -0.2) is 29.3 Å². The average Bonchev–Trinajstić information content (AvgIpc) is 2.65. The Balaban J connectivity index is 2.27. The van der Waals surface area contributed by atoms with E-state index in [0.29, 0.717) is 22.5 Å². The number of amides is 2. The third-order valence-electron chi connectivity index (χ3n) is 4.83. The topological polar surface area (TPSA) is 49.4 Å². The Bertz CT molecular complexity index is 892. The summed E-state index contributed by atoms with van der Waals surface area (Å²) in [5.74, 6) is 0.0476. The number of hydrogen-bond donors (Lipinski definition) is 1. The number of aryl methyl sites for hydroxylation is 2. The molecule has 2 rings (SSSR count). The Morgan fingerprint density at radius 1 is 0.933 bits per heavy atom. The maximum Gasteiger partial charge on any atom is 0.242 e. The van der Waals surface area contributed by atoms with Crippen molar-refractivity contribution in [2.45, 2.75) is 53.6 Å². The molecule has 0 spiro atoms. The van der Waals surface area contributed by atoms with E-state index in [2.05, 4.69) is 11.4 Å². The summed E-state index contributed by atoms with van der Waals surface area (Å²) >= 11 is 12.2. The molecule has 162 valence electrons. The summed E-state index contributed by atoms with van der Waals surface area (Å²) in [6.45, 7) is 10.7. The van der Waals surface area contributed by atoms with Gasteiger partial charge in [0.05, 0.1) is 16.5 Å². The first-order valence-corrected chi connectivity index (χ1v) is 10.9. The van der Waals surface area contributed by atoms with Crippen LogP contribution in [0.15, 0.2) is 36.4 Å². The highest BCUT2D eigenvalue weighted by Gasteiger charge is 2.26. The SMILES string of the molecule is Cc1cc(C)cc(CC(=O)N(Cc2ccc(Cl)c(Cl)c2)[C@@H](C)C(=O)NCC(C)C)c1. The van der Waals surface area contributed by atoms with Crippen molar-refractivity contribution in [1.82, 2.24) is 10.2 Å². The standard InChI is InChI=1S/C24H30Cl2N2O2/c1-15(2)13-27-24(30)18(5)28(14-19-6-7-21(25)22(26)11-19)23(29)12-20-9-16(3)8-17(4)10-20/h6-11,15,18H,12-14H2,1-5H3,(H,27,30)/t18-/m0/s1. The van der Waals surface area contributed by atoms with Crippen molar-refractivity contribution < 1.29 is 9.59 Å². The molecule has 0 heterocycles. The lowest BCUT2D eigenvalue weighted by Crippen LogP contribution is -2.48. The number of hydrogen-bond acceptors (Lipinski definition) is 2. The van der Waals surface area contributed by atoms with Crippen LogP contribution in [0.1, 0.15) is 43.0 Å². The molecule has 2 aromatic rings. The number of rotatable bonds is 8. The first-order chi connectivity index (χ1) is 14.1. The largest absolute Gasteiger partial charge is 0.354 e. The fourth-order valence-electron chi connectivity index (χ4n) is 3.32. The van der Waals surface area contributed by atoms with E-state index in [1.165, 1.54) is 0 Å². The summed E-state index contributed by atoms with van der Waals surface area (Å²) < 4.78 is 0. The molecule has 0 aliphatic heterocycles. The van der Waals surface area contributed by atoms with Crippen LogP contribution in [0.5, 0.6) is 0 Å². The molecule has 0 saturated heterocycles. The fourth-order valence-corrected chi connectivity index (χ4v) is 3.64. The average molecular weight is 449 g/mol. The van der Waals surface area contributed by atoms with Crippen molar-refractivity contribution in [3.63, 3.8) is 0 Å². The minimum Gasteiger partial charge on any atom is -0.354 e. The molecular weight excluding hydrogens is 419 g/mol. The second-order valence-corrected chi connectivity index (χ2v) is 9.07. The zero-order valence-corrected chi connectivity index (χ0v) is 19.8. The number of halogens is 2. The molecule has 0 aromatic heterocycles. The Labute approximate surface area is 189 Å². The minimum absolute atomic E-state index is 0.113. The predicted octanol–water partition coefficient (Wildman–Crippen LogP) is 5.34. The molecular formula is C24H30Cl2N2O2. The zero-order valence-electron chi connectivity index (χ0n) is 18.3. The molecule has 2 aromatic carbocycles. The number of carbonyl (C=O) groups is 2. The van der Waals surface area contributed by atoms with Crippen LogP contribution in [-0.2, 0) is 22.6 Å². The lowest BCUT2D eigenvalue weighted by molar-refractivity contribution is -0.140. The monoisotopic (exact) mass is 448 g/mol. The lowest BCUT2D eigenvalue weighted by atomic mass is 10.0. The van der Waals surface area contributed by atoms with E-state index in [1.807, 2.05) is 45.9 Å². The van der Waals surface area contributed by atoms with Gasteiger partial charge in [0.1, 0.15) is 6.04 Å². The smallest absolute Gasteiger partial charge is 0.242 e. The van der Waals surface area contributed by atoms with Crippen LogP contribution in [0.4, 0.5) is 0 Å². The van der Waals surface area contributed by atoms with Gasteiger partial charge in [-0.25, -0.2) is 0 Å². The summed E-state index contributed by atoms with van der Waals surface area (Å²) in [5.41, 5.74) is 3.97. The maximum absolute atomic E-state index is 13.3. The highest BCUT2D eigenvalue weighted by molar-refractivity contribution is 6.42. The highest BCUT2D eigenvalue weighted by Crippen LogP contribution is 2.24.